The minimum absolute atomic E-state index is 0.0649. The van der Waals surface area contributed by atoms with Crippen LogP contribution in [0, 0.1) is 10.1 Å². The Bertz CT molecular complexity index is 602. The lowest BCUT2D eigenvalue weighted by Gasteiger charge is -2.07. The van der Waals surface area contributed by atoms with Gasteiger partial charge in [0.1, 0.15) is 12.4 Å². The summed E-state index contributed by atoms with van der Waals surface area (Å²) in [6, 6.07) is 14.2. The van der Waals surface area contributed by atoms with Gasteiger partial charge in [-0.2, -0.15) is 0 Å². The molecule has 0 bridgehead atoms. The second-order valence-corrected chi connectivity index (χ2v) is 5.32. The molecule has 0 saturated carbocycles. The van der Waals surface area contributed by atoms with Crippen LogP contribution in [0.15, 0.2) is 53.0 Å². The molecule has 0 atom stereocenters. The predicted molar refractivity (Wildman–Crippen MR) is 84.4 cm³/mol. The number of nitrogens with one attached hydrogen (secondary N) is 1. The first kappa shape index (κ1) is 15.5. The van der Waals surface area contributed by atoms with Crippen molar-refractivity contribution in [3.63, 3.8) is 0 Å². The number of nitro benzene ring substituents is 1. The first-order valence-corrected chi connectivity index (χ1v) is 7.27. The van der Waals surface area contributed by atoms with Gasteiger partial charge in [-0.1, -0.05) is 28.1 Å². The summed E-state index contributed by atoms with van der Waals surface area (Å²) < 4.78 is 6.57. The average molecular weight is 351 g/mol. The molecule has 0 aliphatic carbocycles. The van der Waals surface area contributed by atoms with Crippen LogP contribution in [0.3, 0.4) is 0 Å². The Morgan fingerprint density at radius 3 is 2.62 bits per heavy atom. The number of rotatable bonds is 7. The smallest absolute Gasteiger partial charge is 0.269 e. The third-order valence-corrected chi connectivity index (χ3v) is 3.31. The number of hydrogen-bond donors (Lipinski definition) is 1. The van der Waals surface area contributed by atoms with Crippen molar-refractivity contribution in [2.75, 3.05) is 13.2 Å². The van der Waals surface area contributed by atoms with E-state index in [2.05, 4.69) is 33.4 Å². The minimum atomic E-state index is -0.427. The van der Waals surface area contributed by atoms with Gasteiger partial charge in [-0.25, -0.2) is 0 Å². The van der Waals surface area contributed by atoms with Gasteiger partial charge in [0.15, 0.2) is 0 Å². The first-order valence-electron chi connectivity index (χ1n) is 6.47. The Labute approximate surface area is 131 Å². The highest BCUT2D eigenvalue weighted by molar-refractivity contribution is 9.10. The third-order valence-electron chi connectivity index (χ3n) is 2.81. The Kier molecular flexibility index (Phi) is 5.71. The molecule has 1 N–H and O–H groups in total. The molecule has 0 saturated heterocycles. The first-order chi connectivity index (χ1) is 10.1. The van der Waals surface area contributed by atoms with E-state index >= 15 is 0 Å². The van der Waals surface area contributed by atoms with Crippen molar-refractivity contribution >= 4 is 21.6 Å². The summed E-state index contributed by atoms with van der Waals surface area (Å²) in [6.07, 6.45) is 0. The van der Waals surface area contributed by atoms with Crippen LogP contribution in [0.25, 0.3) is 0 Å². The monoisotopic (exact) mass is 350 g/mol. The number of halogens is 1. The fourth-order valence-corrected chi connectivity index (χ4v) is 2.23. The molecule has 21 heavy (non-hydrogen) atoms. The molecule has 0 aliphatic heterocycles. The van der Waals surface area contributed by atoms with Gasteiger partial charge in [-0.3, -0.25) is 10.1 Å². The van der Waals surface area contributed by atoms with E-state index in [9.17, 15) is 10.1 Å². The Hall–Kier alpha value is -1.92. The van der Waals surface area contributed by atoms with Crippen LogP contribution in [0.5, 0.6) is 5.75 Å². The average Bonchev–Trinajstić information content (AvgIpc) is 2.47. The van der Waals surface area contributed by atoms with Crippen LogP contribution >= 0.6 is 15.9 Å². The highest BCUT2D eigenvalue weighted by Gasteiger charge is 2.03. The summed E-state index contributed by atoms with van der Waals surface area (Å²) in [5.41, 5.74) is 1.26. The molecule has 2 rings (SSSR count). The summed E-state index contributed by atoms with van der Waals surface area (Å²) in [4.78, 5) is 10.1. The van der Waals surface area contributed by atoms with Gasteiger partial charge in [0.25, 0.3) is 5.69 Å². The number of ether oxygens (including phenoxy) is 1. The molecule has 2 aromatic carbocycles. The van der Waals surface area contributed by atoms with Crippen molar-refractivity contribution in [3.8, 4) is 5.75 Å². The van der Waals surface area contributed by atoms with Gasteiger partial charge in [0.2, 0.25) is 0 Å². The molecule has 0 spiro atoms. The second kappa shape index (κ2) is 7.75. The van der Waals surface area contributed by atoms with Gasteiger partial charge >= 0.3 is 0 Å². The summed E-state index contributed by atoms with van der Waals surface area (Å²) in [7, 11) is 0. The Morgan fingerprint density at radius 2 is 1.95 bits per heavy atom. The molecule has 2 aromatic rings. The van der Waals surface area contributed by atoms with E-state index < -0.39 is 4.92 Å². The summed E-state index contributed by atoms with van der Waals surface area (Å²) in [5.74, 6) is 0.629. The van der Waals surface area contributed by atoms with Crippen LogP contribution in [-0.2, 0) is 6.54 Å². The number of nitrogens with zero attached hydrogens (tertiary/aromatic N) is 1. The van der Waals surface area contributed by atoms with E-state index in [0.29, 0.717) is 18.9 Å². The van der Waals surface area contributed by atoms with Crippen LogP contribution in [0.4, 0.5) is 5.69 Å². The maximum atomic E-state index is 10.5. The molecule has 5 nitrogen and oxygen atoms in total. The Balaban J connectivity index is 1.69. The Morgan fingerprint density at radius 1 is 1.19 bits per heavy atom. The van der Waals surface area contributed by atoms with Crippen molar-refractivity contribution in [1.29, 1.82) is 0 Å². The quantitative estimate of drug-likeness (QED) is 0.471. The fraction of sp³-hybridized carbons (Fsp3) is 0.200. The van der Waals surface area contributed by atoms with Crippen LogP contribution in [0.2, 0.25) is 0 Å². The van der Waals surface area contributed by atoms with Crippen LogP contribution in [0.1, 0.15) is 5.56 Å². The minimum Gasteiger partial charge on any atom is -0.492 e. The van der Waals surface area contributed by atoms with Crippen LogP contribution < -0.4 is 10.1 Å². The maximum Gasteiger partial charge on any atom is 0.269 e. The topological polar surface area (TPSA) is 64.4 Å². The molecule has 0 amide bonds. The van der Waals surface area contributed by atoms with E-state index in [1.807, 2.05) is 12.1 Å². The summed E-state index contributed by atoms with van der Waals surface area (Å²) in [6.45, 7) is 1.97. The summed E-state index contributed by atoms with van der Waals surface area (Å²) >= 11 is 3.43. The van der Waals surface area contributed by atoms with Gasteiger partial charge < -0.3 is 10.1 Å². The molecule has 0 aromatic heterocycles. The van der Waals surface area contributed by atoms with Crippen molar-refractivity contribution < 1.29 is 9.66 Å². The molecule has 0 fully saturated rings. The molecule has 0 aliphatic rings. The zero-order valence-corrected chi connectivity index (χ0v) is 12.9. The zero-order chi connectivity index (χ0) is 15.1. The SMILES string of the molecule is O=[N+]([O-])c1ccc(OCCNCc2cccc(Br)c2)cc1. The lowest BCUT2D eigenvalue weighted by Crippen LogP contribution is -2.20. The lowest BCUT2D eigenvalue weighted by molar-refractivity contribution is -0.384. The number of non-ortho nitro benzene ring substituents is 1. The van der Waals surface area contributed by atoms with Gasteiger partial charge in [0, 0.05) is 29.7 Å². The molecular weight excluding hydrogens is 336 g/mol. The largest absolute Gasteiger partial charge is 0.492 e. The number of nitro groups is 1. The zero-order valence-electron chi connectivity index (χ0n) is 11.3. The highest BCUT2D eigenvalue weighted by Crippen LogP contribution is 2.17. The molecule has 6 heteroatoms. The van der Waals surface area contributed by atoms with E-state index in [-0.39, 0.29) is 5.69 Å². The molecular formula is C15H15BrN2O3. The van der Waals surface area contributed by atoms with Crippen molar-refractivity contribution in [2.45, 2.75) is 6.54 Å². The van der Waals surface area contributed by atoms with Gasteiger partial charge in [-0.15, -0.1) is 0 Å². The van der Waals surface area contributed by atoms with Gasteiger partial charge in [-0.05, 0) is 29.8 Å². The standard InChI is InChI=1S/C15H15BrN2O3/c16-13-3-1-2-12(10-13)11-17-8-9-21-15-6-4-14(5-7-15)18(19)20/h1-7,10,17H,8-9,11H2. The fourth-order valence-electron chi connectivity index (χ4n) is 1.78. The molecule has 110 valence electrons. The van der Waals surface area contributed by atoms with Crippen LogP contribution in [-0.4, -0.2) is 18.1 Å². The summed E-state index contributed by atoms with van der Waals surface area (Å²) in [5, 5.41) is 13.8. The highest BCUT2D eigenvalue weighted by atomic mass is 79.9. The van der Waals surface area contributed by atoms with Crippen molar-refractivity contribution in [2.24, 2.45) is 0 Å². The van der Waals surface area contributed by atoms with Crippen molar-refractivity contribution in [1.82, 2.24) is 5.32 Å². The molecule has 0 heterocycles. The van der Waals surface area contributed by atoms with E-state index in [4.69, 9.17) is 4.74 Å². The number of benzene rings is 2. The van der Waals surface area contributed by atoms with Crippen molar-refractivity contribution in [3.05, 3.63) is 68.7 Å². The predicted octanol–water partition coefficient (Wildman–Crippen LogP) is 3.53. The maximum absolute atomic E-state index is 10.5. The lowest BCUT2D eigenvalue weighted by atomic mass is 10.2. The normalized spacial score (nSPS) is 10.3. The molecule has 0 unspecified atom stereocenters. The van der Waals surface area contributed by atoms with E-state index in [1.165, 1.54) is 17.7 Å². The second-order valence-electron chi connectivity index (χ2n) is 4.41. The third kappa shape index (κ3) is 5.17. The number of hydrogen-bond acceptors (Lipinski definition) is 4. The molecule has 0 radical (unpaired) electrons. The van der Waals surface area contributed by atoms with E-state index in [1.54, 1.807) is 12.1 Å². The van der Waals surface area contributed by atoms with Gasteiger partial charge in [0.05, 0.1) is 4.92 Å². The van der Waals surface area contributed by atoms with E-state index in [0.717, 1.165) is 11.0 Å².